The first-order chi connectivity index (χ1) is 14.4. The maximum absolute atomic E-state index is 12.4. The van der Waals surface area contributed by atoms with Gasteiger partial charge in [0.1, 0.15) is 0 Å². The summed E-state index contributed by atoms with van der Waals surface area (Å²) < 4.78 is 39.1. The van der Waals surface area contributed by atoms with Crippen LogP contribution in [0, 0.1) is 0 Å². The second-order valence-electron chi connectivity index (χ2n) is 5.91. The number of hydrogen-bond acceptors (Lipinski definition) is 5. The Morgan fingerprint density at radius 1 is 1.10 bits per heavy atom. The standard InChI is InChI=1S/C21H22F2N2O5/c1-28-12-11-24-20(27)15-5-3-4-6-16(15)25-19(26)10-8-14-7-9-17(30-21(22)23)18(13-14)29-2/h3-10,13,21H,11-12H2,1-2H3,(H,24,27)(H,25,26)/b10-8+. The molecular weight excluding hydrogens is 398 g/mol. The lowest BCUT2D eigenvalue weighted by Gasteiger charge is -2.11. The average molecular weight is 420 g/mol. The lowest BCUT2D eigenvalue weighted by Crippen LogP contribution is -2.28. The minimum Gasteiger partial charge on any atom is -0.493 e. The van der Waals surface area contributed by atoms with E-state index in [2.05, 4.69) is 15.4 Å². The first kappa shape index (κ1) is 22.8. The molecule has 0 aliphatic rings. The van der Waals surface area contributed by atoms with Crippen LogP contribution < -0.4 is 20.1 Å². The molecule has 9 heteroatoms. The molecule has 2 aromatic carbocycles. The van der Waals surface area contributed by atoms with Crippen LogP contribution in [0.3, 0.4) is 0 Å². The number of ether oxygens (including phenoxy) is 3. The second-order valence-corrected chi connectivity index (χ2v) is 5.91. The molecule has 7 nitrogen and oxygen atoms in total. The van der Waals surface area contributed by atoms with Crippen molar-refractivity contribution in [2.45, 2.75) is 6.61 Å². The number of hydrogen-bond donors (Lipinski definition) is 2. The first-order valence-corrected chi connectivity index (χ1v) is 8.92. The van der Waals surface area contributed by atoms with E-state index >= 15 is 0 Å². The van der Waals surface area contributed by atoms with Crippen molar-refractivity contribution in [2.75, 3.05) is 32.7 Å². The van der Waals surface area contributed by atoms with Crippen LogP contribution in [-0.4, -0.2) is 45.8 Å². The fraction of sp³-hybridized carbons (Fsp3) is 0.238. The van der Waals surface area contributed by atoms with Crippen molar-refractivity contribution >= 4 is 23.6 Å². The molecular formula is C21H22F2N2O5. The third kappa shape index (κ3) is 6.85. The number of alkyl halides is 2. The molecule has 2 rings (SSSR count). The van der Waals surface area contributed by atoms with E-state index in [9.17, 15) is 18.4 Å². The van der Waals surface area contributed by atoms with Crippen LogP contribution in [0.2, 0.25) is 0 Å². The van der Waals surface area contributed by atoms with E-state index in [1.54, 1.807) is 24.3 Å². The molecule has 0 spiro atoms. The summed E-state index contributed by atoms with van der Waals surface area (Å²) in [5.41, 5.74) is 1.19. The smallest absolute Gasteiger partial charge is 0.387 e. The van der Waals surface area contributed by atoms with Gasteiger partial charge in [-0.25, -0.2) is 0 Å². The van der Waals surface area contributed by atoms with Gasteiger partial charge in [0.25, 0.3) is 5.91 Å². The highest BCUT2D eigenvalue weighted by molar-refractivity contribution is 6.07. The Labute approximate surface area is 172 Å². The number of para-hydroxylation sites is 1. The maximum Gasteiger partial charge on any atom is 0.387 e. The van der Waals surface area contributed by atoms with Gasteiger partial charge in [-0.2, -0.15) is 8.78 Å². The first-order valence-electron chi connectivity index (χ1n) is 8.92. The van der Waals surface area contributed by atoms with Crippen molar-refractivity contribution in [3.63, 3.8) is 0 Å². The molecule has 0 bridgehead atoms. The predicted molar refractivity (Wildman–Crippen MR) is 108 cm³/mol. The number of rotatable bonds is 10. The summed E-state index contributed by atoms with van der Waals surface area (Å²) >= 11 is 0. The zero-order valence-corrected chi connectivity index (χ0v) is 16.5. The Morgan fingerprint density at radius 2 is 1.87 bits per heavy atom. The third-order valence-corrected chi connectivity index (χ3v) is 3.85. The Hall–Kier alpha value is -3.46. The summed E-state index contributed by atoms with van der Waals surface area (Å²) in [5.74, 6) is -0.816. The number of halogens is 2. The number of benzene rings is 2. The molecule has 0 heterocycles. The summed E-state index contributed by atoms with van der Waals surface area (Å²) in [6, 6.07) is 10.9. The van der Waals surface area contributed by atoms with Gasteiger partial charge in [-0.1, -0.05) is 18.2 Å². The zero-order valence-electron chi connectivity index (χ0n) is 16.5. The van der Waals surface area contributed by atoms with E-state index in [0.717, 1.165) is 0 Å². The maximum atomic E-state index is 12.4. The zero-order chi connectivity index (χ0) is 21.9. The number of carbonyl (C=O) groups is 2. The minimum atomic E-state index is -2.97. The van der Waals surface area contributed by atoms with Crippen LogP contribution in [0.1, 0.15) is 15.9 Å². The third-order valence-electron chi connectivity index (χ3n) is 3.85. The van der Waals surface area contributed by atoms with Gasteiger partial charge in [0.2, 0.25) is 5.91 Å². The largest absolute Gasteiger partial charge is 0.493 e. The summed E-state index contributed by atoms with van der Waals surface area (Å²) in [6.45, 7) is -2.27. The van der Waals surface area contributed by atoms with Crippen LogP contribution in [-0.2, 0) is 9.53 Å². The molecule has 2 amide bonds. The average Bonchev–Trinajstić information content (AvgIpc) is 2.73. The summed E-state index contributed by atoms with van der Waals surface area (Å²) in [5, 5.41) is 5.34. The van der Waals surface area contributed by atoms with E-state index in [1.165, 1.54) is 44.6 Å². The van der Waals surface area contributed by atoms with E-state index < -0.39 is 12.5 Å². The van der Waals surface area contributed by atoms with Gasteiger partial charge < -0.3 is 24.8 Å². The van der Waals surface area contributed by atoms with E-state index in [-0.39, 0.29) is 17.4 Å². The Bertz CT molecular complexity index is 903. The molecule has 2 aromatic rings. The van der Waals surface area contributed by atoms with Crippen molar-refractivity contribution < 1.29 is 32.6 Å². The predicted octanol–water partition coefficient (Wildman–Crippen LogP) is 3.32. The topological polar surface area (TPSA) is 85.9 Å². The summed E-state index contributed by atoms with van der Waals surface area (Å²) in [7, 11) is 2.85. The van der Waals surface area contributed by atoms with E-state index in [1.807, 2.05) is 0 Å². The summed E-state index contributed by atoms with van der Waals surface area (Å²) in [4.78, 5) is 24.5. The number of amides is 2. The highest BCUT2D eigenvalue weighted by Gasteiger charge is 2.12. The van der Waals surface area contributed by atoms with Crippen LogP contribution in [0.5, 0.6) is 11.5 Å². The molecule has 0 aliphatic carbocycles. The van der Waals surface area contributed by atoms with Crippen LogP contribution in [0.4, 0.5) is 14.5 Å². The number of carbonyl (C=O) groups excluding carboxylic acids is 2. The van der Waals surface area contributed by atoms with Crippen LogP contribution >= 0.6 is 0 Å². The van der Waals surface area contributed by atoms with Gasteiger partial charge >= 0.3 is 6.61 Å². The van der Waals surface area contributed by atoms with E-state index in [4.69, 9.17) is 9.47 Å². The normalized spacial score (nSPS) is 10.8. The van der Waals surface area contributed by atoms with Gasteiger partial charge in [0.15, 0.2) is 11.5 Å². The molecule has 30 heavy (non-hydrogen) atoms. The van der Waals surface area contributed by atoms with Gasteiger partial charge in [-0.05, 0) is 35.9 Å². The molecule has 0 saturated heterocycles. The fourth-order valence-electron chi connectivity index (χ4n) is 2.48. The van der Waals surface area contributed by atoms with Gasteiger partial charge in [-0.3, -0.25) is 9.59 Å². The van der Waals surface area contributed by atoms with Crippen LogP contribution in [0.25, 0.3) is 6.08 Å². The molecule has 0 aromatic heterocycles. The molecule has 0 unspecified atom stereocenters. The number of nitrogens with one attached hydrogen (secondary N) is 2. The van der Waals surface area contributed by atoms with Crippen molar-refractivity contribution in [3.05, 3.63) is 59.7 Å². The lowest BCUT2D eigenvalue weighted by molar-refractivity contribution is -0.111. The van der Waals surface area contributed by atoms with Gasteiger partial charge in [0, 0.05) is 19.7 Å². The molecule has 0 saturated carbocycles. The molecule has 0 aliphatic heterocycles. The molecule has 2 N–H and O–H groups in total. The monoisotopic (exact) mass is 420 g/mol. The molecule has 0 atom stereocenters. The highest BCUT2D eigenvalue weighted by atomic mass is 19.3. The van der Waals surface area contributed by atoms with Crippen molar-refractivity contribution in [1.82, 2.24) is 5.32 Å². The number of anilines is 1. The fourth-order valence-corrected chi connectivity index (χ4v) is 2.48. The quantitative estimate of drug-likeness (QED) is 0.455. The van der Waals surface area contributed by atoms with Crippen molar-refractivity contribution in [2.24, 2.45) is 0 Å². The summed E-state index contributed by atoms with van der Waals surface area (Å²) in [6.07, 6.45) is 2.73. The van der Waals surface area contributed by atoms with Gasteiger partial charge in [-0.15, -0.1) is 0 Å². The number of methoxy groups -OCH3 is 2. The Morgan fingerprint density at radius 3 is 2.57 bits per heavy atom. The van der Waals surface area contributed by atoms with E-state index in [0.29, 0.717) is 30.0 Å². The highest BCUT2D eigenvalue weighted by Crippen LogP contribution is 2.29. The van der Waals surface area contributed by atoms with Crippen molar-refractivity contribution in [1.29, 1.82) is 0 Å². The Balaban J connectivity index is 2.07. The molecule has 160 valence electrons. The van der Waals surface area contributed by atoms with Crippen molar-refractivity contribution in [3.8, 4) is 11.5 Å². The second kappa shape index (κ2) is 11.5. The lowest BCUT2D eigenvalue weighted by atomic mass is 10.1. The SMILES string of the molecule is COCCNC(=O)c1ccccc1NC(=O)/C=C/c1ccc(OC(F)F)c(OC)c1. The van der Waals surface area contributed by atoms with Gasteiger partial charge in [0.05, 0.1) is 25.0 Å². The van der Waals surface area contributed by atoms with Crippen LogP contribution in [0.15, 0.2) is 48.5 Å². The molecule has 0 radical (unpaired) electrons. The Kier molecular flexibility index (Phi) is 8.76. The molecule has 0 fully saturated rings. The minimum absolute atomic E-state index is 0.107.